The number of aromatic nitrogens is 6. The zero-order valence-electron chi connectivity index (χ0n) is 66.3. The van der Waals surface area contributed by atoms with E-state index in [4.69, 9.17) is 10.2 Å². The summed E-state index contributed by atoms with van der Waals surface area (Å²) in [5.41, 5.74) is 13.5. The molecule has 4 N–H and O–H groups in total. The van der Waals surface area contributed by atoms with Crippen LogP contribution in [0.2, 0.25) is 29.6 Å². The number of carboxylic acids is 2. The van der Waals surface area contributed by atoms with E-state index in [9.17, 15) is 28.8 Å². The molecule has 0 unspecified atom stereocenters. The number of hydrogen-bond donors (Lipinski definition) is 2. The Hall–Kier alpha value is -9.29. The van der Waals surface area contributed by atoms with Crippen LogP contribution in [0.3, 0.4) is 0 Å². The van der Waals surface area contributed by atoms with Crippen molar-refractivity contribution in [1.29, 1.82) is 0 Å². The number of nitrogens with zero attached hydrogens (tertiary/aromatic N) is 6. The Balaban J connectivity index is 0. The van der Waals surface area contributed by atoms with Crippen molar-refractivity contribution >= 4 is 112 Å². The Morgan fingerprint density at radius 1 is 0.322 bits per heavy atom. The predicted molar refractivity (Wildman–Crippen MR) is 460 cm³/mol. The summed E-state index contributed by atoms with van der Waals surface area (Å²) >= 11 is 3.03. The third kappa shape index (κ3) is 43.9. The molecule has 0 fully saturated rings. The van der Waals surface area contributed by atoms with Crippen LogP contribution in [0, 0.1) is 0 Å². The summed E-state index contributed by atoms with van der Waals surface area (Å²) in [6.45, 7) is 0. The van der Waals surface area contributed by atoms with Crippen molar-refractivity contribution in [2.75, 3.05) is 28.4 Å². The second-order valence-corrected chi connectivity index (χ2v) is 56.7. The first kappa shape index (κ1) is 106. The molecule has 0 saturated carbocycles. The Morgan fingerprint density at radius 2 is 0.600 bits per heavy atom. The minimum Gasteiger partial charge on any atom is -0.870 e. The normalized spacial score (nSPS) is 9.70. The third-order valence-corrected chi connectivity index (χ3v) is 27.6. The maximum atomic E-state index is 11.1. The number of carbonyl (C=O) groups excluding carboxylic acids is 4. The van der Waals surface area contributed by atoms with Crippen LogP contribution < -0.4 is 45.0 Å². The van der Waals surface area contributed by atoms with Crippen LogP contribution >= 0.6 is 31.9 Å². The predicted octanol–water partition coefficient (Wildman–Crippen LogP) is 11.8. The maximum absolute atomic E-state index is 11.1. The summed E-state index contributed by atoms with van der Waals surface area (Å²) in [6.07, 6.45) is 17.7. The van der Waals surface area contributed by atoms with E-state index in [1.807, 2.05) is 243 Å². The van der Waals surface area contributed by atoms with Gasteiger partial charge in [0.15, 0.2) is 0 Å². The van der Waals surface area contributed by atoms with Gasteiger partial charge in [-0.1, -0.05) is 185 Å². The summed E-state index contributed by atoms with van der Waals surface area (Å²) in [5, 5.41) is 17.3. The number of aliphatic carboxylic acids is 2. The van der Waals surface area contributed by atoms with Crippen molar-refractivity contribution in [3.8, 4) is 44.8 Å². The molecule has 6 aromatic heterocycles. The van der Waals surface area contributed by atoms with Crippen molar-refractivity contribution < 1.29 is 108 Å². The van der Waals surface area contributed by atoms with Crippen LogP contribution in [-0.2, 0) is 86.2 Å². The van der Waals surface area contributed by atoms with Crippen molar-refractivity contribution in [2.24, 2.45) is 0 Å². The molecule has 594 valence electrons. The second-order valence-electron chi connectivity index (χ2n) is 26.1. The van der Waals surface area contributed by atoms with E-state index in [1.54, 1.807) is 31.0 Å². The average molecular weight is 1890 g/mol. The molecule has 6 aromatic carbocycles. The van der Waals surface area contributed by atoms with E-state index in [-0.39, 0.29) is 94.2 Å². The van der Waals surface area contributed by atoms with Crippen molar-refractivity contribution in [3.05, 3.63) is 335 Å². The molecule has 0 aliphatic carbocycles. The van der Waals surface area contributed by atoms with Gasteiger partial charge in [0.05, 0.1) is 78.4 Å². The second kappa shape index (κ2) is 58.5. The van der Waals surface area contributed by atoms with Crippen LogP contribution in [0.5, 0.6) is 0 Å². The van der Waals surface area contributed by atoms with Crippen LogP contribution in [0.4, 0.5) is 0 Å². The average Bonchev–Trinajstić information content (AvgIpc) is 0.900. The maximum Gasteiger partial charge on any atom is 1.00 e. The molecule has 0 aliphatic heterocycles. The summed E-state index contributed by atoms with van der Waals surface area (Å²) in [4.78, 5) is 104. The van der Waals surface area contributed by atoms with Crippen molar-refractivity contribution in [1.82, 2.24) is 29.9 Å². The molecule has 12 aromatic rings. The molecule has 0 amide bonds. The summed E-state index contributed by atoms with van der Waals surface area (Å²) in [5.74, 6) is -2.50. The topological polar surface area (TPSA) is 317 Å². The first-order chi connectivity index (χ1) is 52.7. The van der Waals surface area contributed by atoms with Gasteiger partial charge < -0.3 is 40.1 Å². The molecule has 6 heterocycles. The number of benzene rings is 6. The molecule has 0 atom stereocenters. The standard InChI is InChI=1S/2C14H13NO2.2C13H11NO2.2C9H9BrO2.2C5H4N.CH4.6CH3.2Li.2H2O.2Sn.H2/c1-17-14(16)9-11-4-6-12(7-5-11)13-3-2-8-15-10-13;1-17-14(16)10-11-5-7-12(8-6-11)13-4-2-3-9-15-13;15-13(16)8-10-3-5-11(6-4-10)12-2-1-7-14-9-12;15-13(16)9-10-4-6-11(7-5-10)12-3-1-2-8-14-12;2*1-12-9(11)6-7-2-4-8(10)5-3-7;2*1-2-4-6-5-3-1;;;;;;;;;;;;;;/h2-8,10H,9H2,1H3;2-9H,10H2,1H3;1-7,9H,8H2,(H,15,16);1-8H,9H2,(H,15,16);2*2-5H,6H2,1H3;1-2,4-5H;1-4H;1H4;6*1H3;;;2*1H2;;;1H/q;;;;;;;;;;;;;;;2*+1;;;;;/p-2/i;;;;;;;;;;;;;;;;;;;;;1+1. The first-order valence-corrected chi connectivity index (χ1v) is 56.3. The number of halogens is 2. The fourth-order valence-corrected chi connectivity index (χ4v) is 16.0. The molecule has 20 nitrogen and oxygen atoms in total. The molecule has 26 heteroatoms. The minimum absolute atomic E-state index is 0. The SMILES string of the molecule is C.COC(=O)Cc1ccc(-c2ccccn2)cc1.COC(=O)Cc1ccc(-c2cccnc2)cc1.COC(=O)Cc1ccc(Br)cc1.COC(=O)Cc1ccc(Br)cc1.O=C(O)Cc1ccc(-c2ccccn2)cc1.O=C(O)Cc1ccc(-c2cccnc2)cc1.[2HH].[CH3][Sn]([CH3])([CH3])[c]1ccccn1.[CH3][Sn]([CH3])([CH3])[c]1cccnc1.[Li+].[Li+].[OH-].[OH-]. The van der Waals surface area contributed by atoms with Crippen LogP contribution in [-0.4, -0.2) is 152 Å². The summed E-state index contributed by atoms with van der Waals surface area (Å²) in [6, 6.07) is 75.3. The number of carboxylic acid groups (broad SMARTS) is 2. The van der Waals surface area contributed by atoms with Crippen molar-refractivity contribution in [3.63, 3.8) is 0 Å². The molecule has 12 rings (SSSR count). The van der Waals surface area contributed by atoms with Crippen molar-refractivity contribution in [2.45, 2.75) is 75.6 Å². The molecule has 0 bridgehead atoms. The number of methoxy groups -OCH3 is 4. The molecule has 0 spiro atoms. The zero-order valence-corrected chi connectivity index (χ0v) is 75.1. The Morgan fingerprint density at radius 3 is 0.817 bits per heavy atom. The monoisotopic (exact) mass is 1890 g/mol. The largest absolute Gasteiger partial charge is 1.00 e. The Kier molecular flexibility index (Phi) is 53.8. The Bertz CT molecular complexity index is 4390. The van der Waals surface area contributed by atoms with Crippen LogP contribution in [0.15, 0.2) is 301 Å². The molecule has 0 saturated heterocycles. The first-order valence-electron chi connectivity index (χ1n) is 34.8. The smallest absolute Gasteiger partial charge is 0.870 e. The van der Waals surface area contributed by atoms with Gasteiger partial charge in [-0.2, -0.15) is 0 Å². The fourth-order valence-electron chi connectivity index (χ4n) is 9.47. The van der Waals surface area contributed by atoms with E-state index in [0.717, 1.165) is 87.1 Å². The molecule has 115 heavy (non-hydrogen) atoms. The molecule has 0 aliphatic rings. The van der Waals surface area contributed by atoms with Gasteiger partial charge in [-0.05, 0) is 116 Å². The Labute approximate surface area is 726 Å². The quantitative estimate of drug-likeness (QED) is 0.0458. The van der Waals surface area contributed by atoms with Gasteiger partial charge in [-0.3, -0.25) is 48.7 Å². The molecular formula is C89H100Br2Li2N6O14Sn2. The van der Waals surface area contributed by atoms with Gasteiger partial charge >= 0.3 is 206 Å². The minimum atomic E-state index is -1.82. The van der Waals surface area contributed by atoms with E-state index in [1.165, 1.54) is 35.7 Å². The molecular weight excluding hydrogens is 1790 g/mol. The van der Waals surface area contributed by atoms with E-state index >= 15 is 0 Å². The van der Waals surface area contributed by atoms with Gasteiger partial charge in [0.25, 0.3) is 0 Å². The number of ether oxygens (including phenoxy) is 4. The van der Waals surface area contributed by atoms with Gasteiger partial charge in [0.2, 0.25) is 0 Å². The number of rotatable bonds is 18. The zero-order chi connectivity index (χ0) is 80.1. The third-order valence-electron chi connectivity index (χ3n) is 15.5. The number of hydrogen-bond acceptors (Lipinski definition) is 18. The number of carbonyl (C=O) groups is 6. The van der Waals surface area contributed by atoms with Gasteiger partial charge in [0, 0.05) is 58.7 Å². The van der Waals surface area contributed by atoms with E-state index in [0.29, 0.717) is 25.7 Å². The number of esters is 4. The van der Waals surface area contributed by atoms with Crippen LogP contribution in [0.25, 0.3) is 44.8 Å². The number of pyridine rings is 6. The summed E-state index contributed by atoms with van der Waals surface area (Å²) < 4.78 is 23.2. The van der Waals surface area contributed by atoms with E-state index < -0.39 is 48.7 Å². The van der Waals surface area contributed by atoms with E-state index in [2.05, 4.69) is 129 Å². The van der Waals surface area contributed by atoms with Gasteiger partial charge in [-0.25, -0.2) is 0 Å². The van der Waals surface area contributed by atoms with Gasteiger partial charge in [0.1, 0.15) is 0 Å². The van der Waals surface area contributed by atoms with Crippen LogP contribution in [0.1, 0.15) is 42.2 Å². The summed E-state index contributed by atoms with van der Waals surface area (Å²) in [7, 11) is 5.57. The molecule has 0 radical (unpaired) electrons. The fraction of sp³-hybridized carbons (Fsp3) is 0.191. The van der Waals surface area contributed by atoms with Gasteiger partial charge in [-0.15, -0.1) is 0 Å².